The van der Waals surface area contributed by atoms with Gasteiger partial charge in [0, 0.05) is 19.5 Å². The fraction of sp³-hybridized carbons (Fsp3) is 0.417. The highest BCUT2D eigenvalue weighted by Gasteiger charge is 2.19. The van der Waals surface area contributed by atoms with Gasteiger partial charge in [0.25, 0.3) is 0 Å². The molecule has 1 heterocycles. The van der Waals surface area contributed by atoms with Gasteiger partial charge in [0.15, 0.2) is 0 Å². The van der Waals surface area contributed by atoms with Crippen molar-refractivity contribution in [3.8, 4) is 0 Å². The van der Waals surface area contributed by atoms with Crippen molar-refractivity contribution in [2.45, 2.75) is 12.8 Å². The summed E-state index contributed by atoms with van der Waals surface area (Å²) >= 11 is 0. The van der Waals surface area contributed by atoms with Gasteiger partial charge in [0.05, 0.1) is 12.3 Å². The first-order chi connectivity index (χ1) is 7.86. The second kappa shape index (κ2) is 5.51. The van der Waals surface area contributed by atoms with Crippen LogP contribution in [0.4, 0.5) is 5.69 Å². The van der Waals surface area contributed by atoms with Gasteiger partial charge in [-0.1, -0.05) is 18.2 Å². The average molecular weight is 220 g/mol. The summed E-state index contributed by atoms with van der Waals surface area (Å²) in [6.07, 6.45) is 1.66. The molecule has 1 amide bonds. The fourth-order valence-corrected chi connectivity index (χ4v) is 1.74. The maximum Gasteiger partial charge on any atom is 0.222 e. The van der Waals surface area contributed by atoms with Crippen LogP contribution in [0.3, 0.4) is 0 Å². The van der Waals surface area contributed by atoms with Gasteiger partial charge in [-0.25, -0.2) is 0 Å². The molecule has 1 aromatic rings. The average Bonchev–Trinajstić information content (AvgIpc) is 2.72. The van der Waals surface area contributed by atoms with Crippen LogP contribution in [-0.2, 0) is 9.63 Å². The van der Waals surface area contributed by atoms with Crippen LogP contribution in [-0.4, -0.2) is 30.5 Å². The number of amides is 1. The first-order valence-corrected chi connectivity index (χ1v) is 5.57. The molecule has 2 rings (SSSR count). The van der Waals surface area contributed by atoms with Gasteiger partial charge in [0.2, 0.25) is 5.91 Å². The first kappa shape index (κ1) is 11.0. The molecule has 0 atom stereocenters. The Morgan fingerprint density at radius 1 is 1.31 bits per heavy atom. The lowest BCUT2D eigenvalue weighted by atomic mass is 10.3. The van der Waals surface area contributed by atoms with Gasteiger partial charge in [-0.2, -0.15) is 0 Å². The van der Waals surface area contributed by atoms with E-state index in [1.807, 2.05) is 35.2 Å². The predicted octanol–water partition coefficient (Wildman–Crippen LogP) is 1.65. The molecule has 4 heteroatoms. The number of rotatable bonds is 5. The second-order valence-corrected chi connectivity index (χ2v) is 3.80. The Labute approximate surface area is 95.2 Å². The number of anilines is 1. The highest BCUT2D eigenvalue weighted by Crippen LogP contribution is 2.09. The van der Waals surface area contributed by atoms with E-state index in [4.69, 9.17) is 4.84 Å². The molecule has 86 valence electrons. The number of nitrogens with one attached hydrogen (secondary N) is 1. The Kier molecular flexibility index (Phi) is 3.77. The molecular formula is C12H16N2O2. The lowest BCUT2D eigenvalue weighted by Gasteiger charge is -2.15. The number of para-hydroxylation sites is 1. The van der Waals surface area contributed by atoms with E-state index in [1.54, 1.807) is 0 Å². The van der Waals surface area contributed by atoms with Crippen LogP contribution in [0.15, 0.2) is 30.3 Å². The number of likely N-dealkylation sites (tertiary alicyclic amines) is 1. The highest BCUT2D eigenvalue weighted by molar-refractivity contribution is 5.78. The molecule has 16 heavy (non-hydrogen) atoms. The Balaban J connectivity index is 1.64. The molecular weight excluding hydrogens is 204 g/mol. The molecule has 0 spiro atoms. The third-order valence-electron chi connectivity index (χ3n) is 2.60. The van der Waals surface area contributed by atoms with Crippen molar-refractivity contribution in [3.63, 3.8) is 0 Å². The van der Waals surface area contributed by atoms with Gasteiger partial charge in [0.1, 0.15) is 0 Å². The van der Waals surface area contributed by atoms with Gasteiger partial charge in [-0.05, 0) is 18.6 Å². The van der Waals surface area contributed by atoms with Gasteiger partial charge in [-0.15, -0.1) is 0 Å². The van der Waals surface area contributed by atoms with Crippen molar-refractivity contribution >= 4 is 11.6 Å². The SMILES string of the molecule is O=C1CCCN1CCONc1ccccc1. The lowest BCUT2D eigenvalue weighted by molar-refractivity contribution is -0.128. The minimum atomic E-state index is 0.239. The number of nitrogens with zero attached hydrogens (tertiary/aromatic N) is 1. The number of hydrogen-bond acceptors (Lipinski definition) is 3. The topological polar surface area (TPSA) is 41.6 Å². The summed E-state index contributed by atoms with van der Waals surface area (Å²) in [4.78, 5) is 18.4. The maximum atomic E-state index is 11.3. The zero-order chi connectivity index (χ0) is 11.2. The van der Waals surface area contributed by atoms with E-state index in [0.29, 0.717) is 19.6 Å². The molecule has 0 bridgehead atoms. The minimum Gasteiger partial charge on any atom is -0.340 e. The van der Waals surface area contributed by atoms with E-state index in [0.717, 1.165) is 18.7 Å². The molecule has 1 N–H and O–H groups in total. The maximum absolute atomic E-state index is 11.3. The third kappa shape index (κ3) is 2.97. The molecule has 4 nitrogen and oxygen atoms in total. The third-order valence-corrected chi connectivity index (χ3v) is 2.60. The standard InChI is InChI=1S/C12H16N2O2/c15-12-7-4-8-14(12)9-10-16-13-11-5-2-1-3-6-11/h1-3,5-6,13H,4,7-10H2. The fourth-order valence-electron chi connectivity index (χ4n) is 1.74. The molecule has 0 radical (unpaired) electrons. The molecule has 0 aliphatic carbocycles. The van der Waals surface area contributed by atoms with Crippen LogP contribution in [0.5, 0.6) is 0 Å². The Morgan fingerprint density at radius 3 is 2.81 bits per heavy atom. The summed E-state index contributed by atoms with van der Waals surface area (Å²) in [6.45, 7) is 2.05. The highest BCUT2D eigenvalue weighted by atomic mass is 16.6. The Bertz CT molecular complexity index is 340. The zero-order valence-electron chi connectivity index (χ0n) is 9.19. The predicted molar refractivity (Wildman–Crippen MR) is 61.8 cm³/mol. The van der Waals surface area contributed by atoms with Gasteiger partial charge < -0.3 is 4.90 Å². The number of carbonyl (C=O) groups excluding carboxylic acids is 1. The van der Waals surface area contributed by atoms with Gasteiger partial charge in [-0.3, -0.25) is 15.1 Å². The molecule has 1 aliphatic rings. The van der Waals surface area contributed by atoms with Crippen LogP contribution < -0.4 is 5.48 Å². The quantitative estimate of drug-likeness (QED) is 0.606. The van der Waals surface area contributed by atoms with Crippen LogP contribution >= 0.6 is 0 Å². The summed E-state index contributed by atoms with van der Waals surface area (Å²) < 4.78 is 0. The Morgan fingerprint density at radius 2 is 2.12 bits per heavy atom. The van der Waals surface area contributed by atoms with Crippen molar-refractivity contribution in [2.75, 3.05) is 25.2 Å². The monoisotopic (exact) mass is 220 g/mol. The zero-order valence-corrected chi connectivity index (χ0v) is 9.19. The van der Waals surface area contributed by atoms with E-state index >= 15 is 0 Å². The van der Waals surface area contributed by atoms with Crippen LogP contribution in [0.2, 0.25) is 0 Å². The minimum absolute atomic E-state index is 0.239. The van der Waals surface area contributed by atoms with E-state index in [9.17, 15) is 4.79 Å². The lowest BCUT2D eigenvalue weighted by Crippen LogP contribution is -2.29. The first-order valence-electron chi connectivity index (χ1n) is 5.57. The van der Waals surface area contributed by atoms with E-state index in [-0.39, 0.29) is 5.91 Å². The summed E-state index contributed by atoms with van der Waals surface area (Å²) in [7, 11) is 0. The van der Waals surface area contributed by atoms with Crippen LogP contribution in [0.1, 0.15) is 12.8 Å². The van der Waals surface area contributed by atoms with Crippen molar-refractivity contribution < 1.29 is 9.63 Å². The van der Waals surface area contributed by atoms with Crippen molar-refractivity contribution in [2.24, 2.45) is 0 Å². The van der Waals surface area contributed by atoms with E-state index < -0.39 is 0 Å². The van der Waals surface area contributed by atoms with E-state index in [1.165, 1.54) is 0 Å². The number of carbonyl (C=O) groups is 1. The Hall–Kier alpha value is -1.55. The summed E-state index contributed by atoms with van der Waals surface area (Å²) in [5.41, 5.74) is 3.77. The molecule has 1 fully saturated rings. The second-order valence-electron chi connectivity index (χ2n) is 3.80. The molecule has 0 saturated carbocycles. The molecule has 0 aromatic heterocycles. The van der Waals surface area contributed by atoms with Crippen LogP contribution in [0, 0.1) is 0 Å². The normalized spacial score (nSPS) is 15.5. The largest absolute Gasteiger partial charge is 0.340 e. The van der Waals surface area contributed by atoms with Crippen LogP contribution in [0.25, 0.3) is 0 Å². The van der Waals surface area contributed by atoms with Gasteiger partial charge >= 0.3 is 0 Å². The van der Waals surface area contributed by atoms with Crippen molar-refractivity contribution in [3.05, 3.63) is 30.3 Å². The molecule has 1 saturated heterocycles. The van der Waals surface area contributed by atoms with E-state index in [2.05, 4.69) is 5.48 Å². The molecule has 1 aromatic carbocycles. The van der Waals surface area contributed by atoms with Crippen molar-refractivity contribution in [1.29, 1.82) is 0 Å². The summed E-state index contributed by atoms with van der Waals surface area (Å²) in [6, 6.07) is 9.70. The van der Waals surface area contributed by atoms with Crippen molar-refractivity contribution in [1.82, 2.24) is 4.90 Å². The number of hydrogen-bond donors (Lipinski definition) is 1. The summed E-state index contributed by atoms with van der Waals surface area (Å²) in [5, 5.41) is 0. The smallest absolute Gasteiger partial charge is 0.222 e. The number of benzene rings is 1. The molecule has 0 unspecified atom stereocenters. The molecule has 1 aliphatic heterocycles. The summed E-state index contributed by atoms with van der Waals surface area (Å²) in [5.74, 6) is 0.239.